The minimum Gasteiger partial charge on any atom is -0.480 e. The first-order chi connectivity index (χ1) is 15.4. The average Bonchev–Trinajstić information content (AvgIpc) is 3.20. The number of hydrogen-bond acceptors (Lipinski definition) is 4. The van der Waals surface area contributed by atoms with Gasteiger partial charge in [0.1, 0.15) is 5.60 Å². The maximum Gasteiger partial charge on any atom is 0.329 e. The van der Waals surface area contributed by atoms with Crippen molar-refractivity contribution in [2.24, 2.45) is 0 Å². The van der Waals surface area contributed by atoms with Crippen molar-refractivity contribution < 1.29 is 19.4 Å². The van der Waals surface area contributed by atoms with E-state index in [2.05, 4.69) is 16.4 Å². The quantitative estimate of drug-likeness (QED) is 0.549. The highest BCUT2D eigenvalue weighted by atomic mass is 16.5. The molecule has 7 nitrogen and oxygen atoms in total. The number of benzene rings is 2. The molecule has 2 aromatic carbocycles. The van der Waals surface area contributed by atoms with E-state index in [-0.39, 0.29) is 0 Å². The van der Waals surface area contributed by atoms with E-state index in [1.807, 2.05) is 19.9 Å². The molecule has 2 atom stereocenters. The fourth-order valence-corrected chi connectivity index (χ4v) is 4.74. The summed E-state index contributed by atoms with van der Waals surface area (Å²) in [6.45, 7) is 4.19. The number of aliphatic carboxylic acids is 1. The van der Waals surface area contributed by atoms with Crippen molar-refractivity contribution in [2.45, 2.75) is 44.8 Å². The lowest BCUT2D eigenvalue weighted by Crippen LogP contribution is -2.58. The number of nitriles is 1. The topological polar surface area (TPSA) is 115 Å². The van der Waals surface area contributed by atoms with Gasteiger partial charge in [0.2, 0.25) is 0 Å². The minimum absolute atomic E-state index is 0.295. The summed E-state index contributed by atoms with van der Waals surface area (Å²) in [5, 5.41) is 23.4. The smallest absolute Gasteiger partial charge is 0.329 e. The van der Waals surface area contributed by atoms with E-state index in [4.69, 9.17) is 4.74 Å². The van der Waals surface area contributed by atoms with Crippen LogP contribution in [0.4, 0.5) is 0 Å². The van der Waals surface area contributed by atoms with Gasteiger partial charge in [-0.3, -0.25) is 4.79 Å². The number of carbonyl (C=O) groups excluding carboxylic acids is 1. The van der Waals surface area contributed by atoms with Crippen LogP contribution < -0.4 is 5.32 Å². The van der Waals surface area contributed by atoms with Crippen molar-refractivity contribution in [1.29, 1.82) is 5.26 Å². The lowest BCUT2D eigenvalue weighted by Gasteiger charge is -2.41. The van der Waals surface area contributed by atoms with Gasteiger partial charge in [0.05, 0.1) is 29.5 Å². The number of ether oxygens (including phenoxy) is 1. The van der Waals surface area contributed by atoms with Gasteiger partial charge in [-0.15, -0.1) is 0 Å². The highest BCUT2D eigenvalue weighted by molar-refractivity contribution is 5.97. The first-order valence-electron chi connectivity index (χ1n) is 10.7. The van der Waals surface area contributed by atoms with Gasteiger partial charge in [0, 0.05) is 10.9 Å². The first kappa shape index (κ1) is 21.6. The predicted molar refractivity (Wildman–Crippen MR) is 119 cm³/mol. The van der Waals surface area contributed by atoms with Crippen LogP contribution in [0.5, 0.6) is 0 Å². The number of aromatic nitrogens is 1. The number of carboxylic acid groups (broad SMARTS) is 1. The lowest BCUT2D eigenvalue weighted by molar-refractivity contribution is -0.156. The molecule has 0 radical (unpaired) electrons. The third-order valence-corrected chi connectivity index (χ3v) is 6.17. The van der Waals surface area contributed by atoms with Gasteiger partial charge in [-0.1, -0.05) is 37.6 Å². The van der Waals surface area contributed by atoms with Gasteiger partial charge in [-0.05, 0) is 49.1 Å². The van der Waals surface area contributed by atoms with Gasteiger partial charge in [-0.2, -0.15) is 5.26 Å². The Kier molecular flexibility index (Phi) is 5.72. The molecule has 2 heterocycles. The first-order valence-corrected chi connectivity index (χ1v) is 10.7. The molecule has 1 aromatic heterocycles. The highest BCUT2D eigenvalue weighted by Crippen LogP contribution is 2.44. The van der Waals surface area contributed by atoms with Gasteiger partial charge < -0.3 is 20.1 Å². The molecule has 0 saturated heterocycles. The Morgan fingerprint density at radius 2 is 2.03 bits per heavy atom. The molecule has 3 N–H and O–H groups in total. The van der Waals surface area contributed by atoms with Crippen LogP contribution in [-0.4, -0.2) is 34.6 Å². The minimum atomic E-state index is -1.31. The molecule has 1 aliphatic heterocycles. The number of H-pyrrole nitrogens is 1. The molecule has 0 fully saturated rings. The van der Waals surface area contributed by atoms with Crippen molar-refractivity contribution in [3.63, 3.8) is 0 Å². The standard InChI is InChI=1S/C25H25N3O4/c1-3-12-25(22(24(30)31)28-23(29)16-7-5-4-6-8-16)21-18(11-13-32-25)19-17(14-26)10-9-15(2)20(19)27-21/h4-10,22,27H,3,11-13H2,1-2H3,(H,28,29)(H,30,31)/t22-,25-/m0/s1. The molecular weight excluding hydrogens is 406 g/mol. The van der Waals surface area contributed by atoms with Crippen LogP contribution in [0.3, 0.4) is 0 Å². The summed E-state index contributed by atoms with van der Waals surface area (Å²) in [6.07, 6.45) is 1.58. The lowest BCUT2D eigenvalue weighted by atomic mass is 9.80. The third kappa shape index (κ3) is 3.43. The van der Waals surface area contributed by atoms with Crippen LogP contribution in [0.1, 0.15) is 52.5 Å². The number of carbonyl (C=O) groups is 2. The molecule has 0 bridgehead atoms. The molecule has 164 valence electrons. The predicted octanol–water partition coefficient (Wildman–Crippen LogP) is 3.80. The van der Waals surface area contributed by atoms with Crippen molar-refractivity contribution in [3.8, 4) is 6.07 Å². The number of fused-ring (bicyclic) bond motifs is 3. The van der Waals surface area contributed by atoms with Crippen LogP contribution in [0.2, 0.25) is 0 Å². The van der Waals surface area contributed by atoms with E-state index in [1.54, 1.807) is 36.4 Å². The van der Waals surface area contributed by atoms with Crippen molar-refractivity contribution in [1.82, 2.24) is 10.3 Å². The van der Waals surface area contributed by atoms with Gasteiger partial charge in [0.25, 0.3) is 5.91 Å². The van der Waals surface area contributed by atoms with Crippen LogP contribution in [0.25, 0.3) is 10.9 Å². The Balaban J connectivity index is 1.89. The molecule has 0 spiro atoms. The van der Waals surface area contributed by atoms with Crippen molar-refractivity contribution in [3.05, 3.63) is 70.4 Å². The van der Waals surface area contributed by atoms with E-state index in [1.165, 1.54) is 0 Å². The zero-order chi connectivity index (χ0) is 22.9. The van der Waals surface area contributed by atoms with E-state index in [9.17, 15) is 20.0 Å². The molecule has 3 aromatic rings. The molecule has 0 saturated carbocycles. The molecule has 1 aliphatic rings. The largest absolute Gasteiger partial charge is 0.480 e. The Bertz CT molecular complexity index is 1230. The van der Waals surface area contributed by atoms with E-state index >= 15 is 0 Å². The SMILES string of the molecule is CCC[C@]1([C@@H](NC(=O)c2ccccc2)C(=O)O)OCCc2c1[nH]c1c(C)ccc(C#N)c21. The zero-order valence-electron chi connectivity index (χ0n) is 18.1. The number of aryl methyl sites for hydroxylation is 1. The zero-order valence-corrected chi connectivity index (χ0v) is 18.1. The number of rotatable bonds is 6. The number of carboxylic acids is 1. The summed E-state index contributed by atoms with van der Waals surface area (Å²) in [5.41, 5.74) is 2.91. The van der Waals surface area contributed by atoms with Crippen molar-refractivity contribution >= 4 is 22.8 Å². The molecule has 0 unspecified atom stereocenters. The maximum atomic E-state index is 12.9. The van der Waals surface area contributed by atoms with E-state index in [0.29, 0.717) is 42.7 Å². The summed E-state index contributed by atoms with van der Waals surface area (Å²) in [7, 11) is 0. The average molecular weight is 431 g/mol. The Hall–Kier alpha value is -3.63. The molecular formula is C25H25N3O4. The van der Waals surface area contributed by atoms with Crippen LogP contribution >= 0.6 is 0 Å². The second-order valence-electron chi connectivity index (χ2n) is 8.12. The summed E-state index contributed by atoms with van der Waals surface area (Å²) in [4.78, 5) is 28.8. The number of amides is 1. The fraction of sp³-hybridized carbons (Fsp3) is 0.320. The second-order valence-corrected chi connectivity index (χ2v) is 8.12. The van der Waals surface area contributed by atoms with Crippen LogP contribution in [-0.2, 0) is 21.6 Å². The van der Waals surface area contributed by atoms with Crippen LogP contribution in [0, 0.1) is 18.3 Å². The second kappa shape index (κ2) is 8.48. The number of aromatic amines is 1. The van der Waals surface area contributed by atoms with Crippen LogP contribution in [0.15, 0.2) is 42.5 Å². The summed E-state index contributed by atoms with van der Waals surface area (Å²) < 4.78 is 6.23. The molecule has 0 aliphatic carbocycles. The third-order valence-electron chi connectivity index (χ3n) is 6.17. The summed E-state index contributed by atoms with van der Waals surface area (Å²) in [6, 6.07) is 13.1. The number of nitrogens with one attached hydrogen (secondary N) is 2. The molecule has 4 rings (SSSR count). The monoisotopic (exact) mass is 431 g/mol. The van der Waals surface area contributed by atoms with Gasteiger partial charge >= 0.3 is 5.97 Å². The Labute approximate surface area is 186 Å². The highest BCUT2D eigenvalue weighted by Gasteiger charge is 2.50. The Morgan fingerprint density at radius 3 is 2.69 bits per heavy atom. The Morgan fingerprint density at radius 1 is 1.28 bits per heavy atom. The molecule has 32 heavy (non-hydrogen) atoms. The van der Waals surface area contributed by atoms with Gasteiger partial charge in [0.15, 0.2) is 6.04 Å². The molecule has 7 heteroatoms. The van der Waals surface area contributed by atoms with Gasteiger partial charge in [-0.25, -0.2) is 4.79 Å². The maximum absolute atomic E-state index is 12.9. The number of hydrogen-bond donors (Lipinski definition) is 3. The fourth-order valence-electron chi connectivity index (χ4n) is 4.74. The molecule has 1 amide bonds. The van der Waals surface area contributed by atoms with E-state index in [0.717, 1.165) is 22.0 Å². The number of nitrogens with zero attached hydrogens (tertiary/aromatic N) is 1. The van der Waals surface area contributed by atoms with E-state index < -0.39 is 23.5 Å². The summed E-state index contributed by atoms with van der Waals surface area (Å²) in [5.74, 6) is -1.65. The normalized spacial score (nSPS) is 18.5. The summed E-state index contributed by atoms with van der Waals surface area (Å²) >= 11 is 0. The van der Waals surface area contributed by atoms with Crippen molar-refractivity contribution in [2.75, 3.05) is 6.61 Å².